The first-order valence-corrected chi connectivity index (χ1v) is 7.94. The lowest BCUT2D eigenvalue weighted by Gasteiger charge is -2.32. The fourth-order valence-corrected chi connectivity index (χ4v) is 2.67. The summed E-state index contributed by atoms with van der Waals surface area (Å²) >= 11 is 0. The number of piperidine rings is 1. The molecule has 1 fully saturated rings. The van der Waals surface area contributed by atoms with Gasteiger partial charge >= 0.3 is 6.43 Å². The minimum Gasteiger partial charge on any atom is -0.478 e. The Bertz CT molecular complexity index is 489. The molecule has 0 aromatic carbocycles. The Morgan fingerprint density at radius 3 is 2.74 bits per heavy atom. The number of rotatable bonds is 7. The molecule has 1 amide bonds. The average molecular weight is 327 g/mol. The highest BCUT2D eigenvalue weighted by Crippen LogP contribution is 2.19. The normalized spacial score (nSPS) is 16.5. The molecule has 2 heterocycles. The van der Waals surface area contributed by atoms with E-state index in [9.17, 15) is 13.6 Å². The molecule has 0 saturated carbocycles. The van der Waals surface area contributed by atoms with E-state index >= 15 is 0 Å². The molecule has 1 aromatic rings. The molecule has 0 aliphatic carbocycles. The Morgan fingerprint density at radius 1 is 1.43 bits per heavy atom. The van der Waals surface area contributed by atoms with Crippen molar-refractivity contribution in [1.29, 1.82) is 0 Å². The minimum atomic E-state index is -2.93. The van der Waals surface area contributed by atoms with Gasteiger partial charge in [0.1, 0.15) is 0 Å². The Hall–Kier alpha value is -1.76. The molecule has 0 spiro atoms. The zero-order valence-electron chi connectivity index (χ0n) is 13.3. The average Bonchev–Trinajstić information content (AvgIpc) is 2.56. The van der Waals surface area contributed by atoms with Gasteiger partial charge in [0.25, 0.3) is 5.91 Å². The van der Waals surface area contributed by atoms with Crippen molar-refractivity contribution in [2.24, 2.45) is 5.92 Å². The number of nitrogens with one attached hydrogen (secondary N) is 1. The van der Waals surface area contributed by atoms with Crippen molar-refractivity contribution >= 4 is 5.91 Å². The summed E-state index contributed by atoms with van der Waals surface area (Å²) in [7, 11) is 0. The van der Waals surface area contributed by atoms with Gasteiger partial charge in [-0.1, -0.05) is 6.07 Å². The van der Waals surface area contributed by atoms with Crippen LogP contribution in [0.25, 0.3) is 0 Å². The molecule has 5 nitrogen and oxygen atoms in total. The van der Waals surface area contributed by atoms with E-state index in [4.69, 9.17) is 4.74 Å². The molecule has 0 atom stereocenters. The first-order chi connectivity index (χ1) is 11.1. The Labute approximate surface area is 135 Å². The fraction of sp³-hybridized carbons (Fsp3) is 0.625. The van der Waals surface area contributed by atoms with Gasteiger partial charge in [-0.15, -0.1) is 0 Å². The Kier molecular flexibility index (Phi) is 6.70. The van der Waals surface area contributed by atoms with Crippen molar-refractivity contribution in [3.05, 3.63) is 23.9 Å². The number of ether oxygens (including phenoxy) is 1. The zero-order valence-corrected chi connectivity index (χ0v) is 13.3. The highest BCUT2D eigenvalue weighted by molar-refractivity contribution is 5.79. The molecular formula is C16H23F2N3O2. The third kappa shape index (κ3) is 5.74. The quantitative estimate of drug-likeness (QED) is 0.833. The van der Waals surface area contributed by atoms with Crippen LogP contribution >= 0.6 is 0 Å². The number of amides is 1. The van der Waals surface area contributed by atoms with Gasteiger partial charge in [0, 0.05) is 25.4 Å². The van der Waals surface area contributed by atoms with Gasteiger partial charge in [-0.25, -0.2) is 4.98 Å². The van der Waals surface area contributed by atoms with Gasteiger partial charge in [-0.3, -0.25) is 9.69 Å². The van der Waals surface area contributed by atoms with Crippen LogP contribution in [-0.2, 0) is 11.3 Å². The van der Waals surface area contributed by atoms with Crippen LogP contribution in [0.15, 0.2) is 18.3 Å². The van der Waals surface area contributed by atoms with E-state index in [1.807, 2.05) is 25.3 Å². The van der Waals surface area contributed by atoms with Crippen molar-refractivity contribution in [3.8, 4) is 5.88 Å². The van der Waals surface area contributed by atoms with E-state index in [-0.39, 0.29) is 5.92 Å². The van der Waals surface area contributed by atoms with Crippen LogP contribution in [0.1, 0.15) is 25.3 Å². The first kappa shape index (κ1) is 17.6. The molecule has 2 rings (SSSR count). The molecule has 128 valence electrons. The van der Waals surface area contributed by atoms with E-state index in [2.05, 4.69) is 15.2 Å². The van der Waals surface area contributed by atoms with Gasteiger partial charge in [0.2, 0.25) is 5.88 Å². The number of carbonyl (C=O) groups excluding carboxylic acids is 1. The van der Waals surface area contributed by atoms with Crippen molar-refractivity contribution in [3.63, 3.8) is 0 Å². The lowest BCUT2D eigenvalue weighted by atomic mass is 9.96. The molecular weight excluding hydrogens is 304 g/mol. The maximum Gasteiger partial charge on any atom is 0.315 e. The second kappa shape index (κ2) is 8.76. The largest absolute Gasteiger partial charge is 0.478 e. The summed E-state index contributed by atoms with van der Waals surface area (Å²) in [5.41, 5.74) is 1.12. The number of carbonyl (C=O) groups is 1. The lowest BCUT2D eigenvalue weighted by Crippen LogP contribution is -2.39. The summed E-state index contributed by atoms with van der Waals surface area (Å²) in [5, 5.41) is 2.30. The van der Waals surface area contributed by atoms with Gasteiger partial charge in [-0.05, 0) is 44.3 Å². The van der Waals surface area contributed by atoms with Gasteiger partial charge in [0.15, 0.2) is 0 Å². The summed E-state index contributed by atoms with van der Waals surface area (Å²) in [6.07, 6.45) is 0.685. The summed E-state index contributed by atoms with van der Waals surface area (Å²) in [5.74, 6) is -0.273. The molecule has 1 N–H and O–H groups in total. The van der Waals surface area contributed by atoms with E-state index in [0.29, 0.717) is 19.0 Å². The Morgan fingerprint density at radius 2 is 2.17 bits per heavy atom. The summed E-state index contributed by atoms with van der Waals surface area (Å²) in [6.45, 7) is 5.45. The number of hydrogen-bond acceptors (Lipinski definition) is 4. The lowest BCUT2D eigenvalue weighted by molar-refractivity contribution is -0.132. The summed E-state index contributed by atoms with van der Waals surface area (Å²) < 4.78 is 29.6. The van der Waals surface area contributed by atoms with Gasteiger partial charge in [-0.2, -0.15) is 8.78 Å². The van der Waals surface area contributed by atoms with Crippen molar-refractivity contribution in [1.82, 2.24) is 15.2 Å². The van der Waals surface area contributed by atoms with Gasteiger partial charge in [0.05, 0.1) is 6.61 Å². The molecule has 0 bridgehead atoms. The molecule has 1 aliphatic rings. The maximum absolute atomic E-state index is 12.1. The van der Waals surface area contributed by atoms with Crippen molar-refractivity contribution in [2.75, 3.05) is 26.2 Å². The van der Waals surface area contributed by atoms with Crippen LogP contribution in [0, 0.1) is 5.92 Å². The number of likely N-dealkylation sites (tertiary alicyclic amines) is 1. The smallest absolute Gasteiger partial charge is 0.315 e. The monoisotopic (exact) mass is 327 g/mol. The molecule has 0 radical (unpaired) electrons. The van der Waals surface area contributed by atoms with Crippen LogP contribution < -0.4 is 10.1 Å². The fourth-order valence-electron chi connectivity index (χ4n) is 2.67. The van der Waals surface area contributed by atoms with E-state index in [1.54, 1.807) is 0 Å². The predicted octanol–water partition coefficient (Wildman–Crippen LogP) is 2.07. The van der Waals surface area contributed by atoms with Crippen molar-refractivity contribution < 1.29 is 18.3 Å². The van der Waals surface area contributed by atoms with E-state index in [0.717, 1.165) is 38.0 Å². The maximum atomic E-state index is 12.1. The Balaban J connectivity index is 1.71. The number of halogens is 2. The molecule has 1 saturated heterocycles. The van der Waals surface area contributed by atoms with Crippen molar-refractivity contribution in [2.45, 2.75) is 32.7 Å². The minimum absolute atomic E-state index is 0.271. The van der Waals surface area contributed by atoms with Crippen LogP contribution in [0.2, 0.25) is 0 Å². The molecule has 1 aromatic heterocycles. The predicted molar refractivity (Wildman–Crippen MR) is 82.4 cm³/mol. The first-order valence-electron chi connectivity index (χ1n) is 7.94. The molecule has 23 heavy (non-hydrogen) atoms. The summed E-state index contributed by atoms with van der Waals surface area (Å²) in [6, 6.07) is 3.87. The standard InChI is InChI=1S/C16H23F2N3O2/c1-2-23-14-4-3-13(10-19-14)11-21-7-5-12(6-8-21)9-20-16(22)15(17)18/h3-4,10,12,15H,2,5-9,11H2,1H3,(H,20,22). The number of alkyl halides is 2. The second-order valence-electron chi connectivity index (χ2n) is 5.70. The third-order valence-corrected chi connectivity index (χ3v) is 3.97. The molecule has 0 unspecified atom stereocenters. The van der Waals surface area contributed by atoms with Crippen LogP contribution in [0.3, 0.4) is 0 Å². The number of aromatic nitrogens is 1. The molecule has 1 aliphatic heterocycles. The van der Waals surface area contributed by atoms with Crippen LogP contribution in [0.5, 0.6) is 5.88 Å². The van der Waals surface area contributed by atoms with E-state index < -0.39 is 12.3 Å². The van der Waals surface area contributed by atoms with Gasteiger partial charge < -0.3 is 10.1 Å². The highest BCUT2D eigenvalue weighted by Gasteiger charge is 2.21. The number of hydrogen-bond donors (Lipinski definition) is 1. The summed E-state index contributed by atoms with van der Waals surface area (Å²) in [4.78, 5) is 17.4. The highest BCUT2D eigenvalue weighted by atomic mass is 19.3. The van der Waals surface area contributed by atoms with Crippen LogP contribution in [-0.4, -0.2) is 48.5 Å². The SMILES string of the molecule is CCOc1ccc(CN2CCC(CNC(=O)C(F)F)CC2)cn1. The number of pyridine rings is 1. The number of nitrogens with zero attached hydrogens (tertiary/aromatic N) is 2. The molecule has 7 heteroatoms. The zero-order chi connectivity index (χ0) is 16.7. The third-order valence-electron chi connectivity index (χ3n) is 3.97. The second-order valence-corrected chi connectivity index (χ2v) is 5.70. The topological polar surface area (TPSA) is 54.5 Å². The van der Waals surface area contributed by atoms with E-state index in [1.165, 1.54) is 0 Å². The van der Waals surface area contributed by atoms with Crippen LogP contribution in [0.4, 0.5) is 8.78 Å².